The molecule has 0 aliphatic heterocycles. The summed E-state index contributed by atoms with van der Waals surface area (Å²) in [5, 5.41) is 28.9. The van der Waals surface area contributed by atoms with Crippen LogP contribution in [-0.4, -0.2) is 21.0 Å². The number of carbonyl (C=O) groups is 1. The molecule has 0 spiro atoms. The Morgan fingerprint density at radius 2 is 2.14 bits per heavy atom. The molecular formula is C13H7N3O4S. The molecule has 0 unspecified atom stereocenters. The molecular weight excluding hydrogens is 294 g/mol. The Kier molecular flexibility index (Phi) is 4.15. The van der Waals surface area contributed by atoms with Gasteiger partial charge in [-0.25, -0.2) is 9.78 Å². The zero-order valence-corrected chi connectivity index (χ0v) is 11.2. The standard InChI is InChI=1S/C13H7N3O4S/c14-6-8-5-10(16(19)20)12(15-7-8)21-11-4-2-1-3-9(11)13(17)18/h1-5,7H,(H,17,18). The van der Waals surface area contributed by atoms with E-state index < -0.39 is 10.9 Å². The molecule has 1 aromatic heterocycles. The number of nitriles is 1. The number of aromatic carboxylic acids is 1. The summed E-state index contributed by atoms with van der Waals surface area (Å²) in [6.07, 6.45) is 1.21. The fraction of sp³-hybridized carbons (Fsp3) is 0. The lowest BCUT2D eigenvalue weighted by molar-refractivity contribution is -0.388. The fourth-order valence-corrected chi connectivity index (χ4v) is 2.51. The van der Waals surface area contributed by atoms with Gasteiger partial charge in [-0.2, -0.15) is 5.26 Å². The van der Waals surface area contributed by atoms with Crippen LogP contribution in [0.3, 0.4) is 0 Å². The summed E-state index contributed by atoms with van der Waals surface area (Å²) in [7, 11) is 0. The molecule has 0 atom stereocenters. The van der Waals surface area contributed by atoms with Crippen molar-refractivity contribution in [1.29, 1.82) is 5.26 Å². The summed E-state index contributed by atoms with van der Waals surface area (Å²) in [5.74, 6) is -1.13. The van der Waals surface area contributed by atoms with Gasteiger partial charge in [0.1, 0.15) is 6.07 Å². The molecule has 1 N–H and O–H groups in total. The van der Waals surface area contributed by atoms with E-state index in [1.54, 1.807) is 18.2 Å². The van der Waals surface area contributed by atoms with E-state index in [4.69, 9.17) is 10.4 Å². The Balaban J connectivity index is 2.48. The number of hydrogen-bond acceptors (Lipinski definition) is 6. The predicted molar refractivity (Wildman–Crippen MR) is 73.1 cm³/mol. The van der Waals surface area contributed by atoms with Gasteiger partial charge in [-0.1, -0.05) is 23.9 Å². The fourth-order valence-electron chi connectivity index (χ4n) is 1.55. The Hall–Kier alpha value is -2.92. The third-order valence-electron chi connectivity index (χ3n) is 2.48. The van der Waals surface area contributed by atoms with Crippen LogP contribution in [-0.2, 0) is 0 Å². The van der Waals surface area contributed by atoms with Crippen LogP contribution in [0.5, 0.6) is 0 Å². The van der Waals surface area contributed by atoms with E-state index in [0.29, 0.717) is 4.90 Å². The largest absolute Gasteiger partial charge is 0.478 e. The van der Waals surface area contributed by atoms with Crippen molar-refractivity contribution in [1.82, 2.24) is 4.98 Å². The Labute approximate surface area is 123 Å². The first-order valence-corrected chi connectivity index (χ1v) is 6.39. The number of benzene rings is 1. The molecule has 1 heterocycles. The van der Waals surface area contributed by atoms with E-state index >= 15 is 0 Å². The molecule has 0 saturated carbocycles. The summed E-state index contributed by atoms with van der Waals surface area (Å²) >= 11 is 0.874. The number of nitrogens with zero attached hydrogens (tertiary/aromatic N) is 3. The second-order valence-corrected chi connectivity index (χ2v) is 4.85. The summed E-state index contributed by atoms with van der Waals surface area (Å²) in [6.45, 7) is 0. The molecule has 21 heavy (non-hydrogen) atoms. The van der Waals surface area contributed by atoms with E-state index in [-0.39, 0.29) is 21.8 Å². The average Bonchev–Trinajstić information content (AvgIpc) is 2.47. The summed E-state index contributed by atoms with van der Waals surface area (Å²) in [4.78, 5) is 25.7. The van der Waals surface area contributed by atoms with Crippen molar-refractivity contribution in [2.75, 3.05) is 0 Å². The van der Waals surface area contributed by atoms with Crippen LogP contribution in [0.25, 0.3) is 0 Å². The molecule has 1 aromatic carbocycles. The molecule has 0 bridgehead atoms. The van der Waals surface area contributed by atoms with Crippen LogP contribution in [0, 0.1) is 21.4 Å². The summed E-state index contributed by atoms with van der Waals surface area (Å²) < 4.78 is 0. The van der Waals surface area contributed by atoms with Crippen molar-refractivity contribution in [2.24, 2.45) is 0 Å². The SMILES string of the molecule is N#Cc1cnc(Sc2ccccc2C(=O)O)c([N+](=O)[O-])c1. The van der Waals surface area contributed by atoms with E-state index in [1.807, 2.05) is 0 Å². The minimum absolute atomic E-state index is 0.0305. The molecule has 0 amide bonds. The lowest BCUT2D eigenvalue weighted by Gasteiger charge is -2.05. The van der Waals surface area contributed by atoms with Gasteiger partial charge in [-0.15, -0.1) is 0 Å². The topological polar surface area (TPSA) is 117 Å². The van der Waals surface area contributed by atoms with Crippen LogP contribution < -0.4 is 0 Å². The van der Waals surface area contributed by atoms with Crippen LogP contribution in [0.4, 0.5) is 5.69 Å². The first-order valence-electron chi connectivity index (χ1n) is 5.57. The van der Waals surface area contributed by atoms with E-state index in [0.717, 1.165) is 17.8 Å². The lowest BCUT2D eigenvalue weighted by Crippen LogP contribution is -1.99. The van der Waals surface area contributed by atoms with Gasteiger partial charge in [0.15, 0.2) is 5.03 Å². The van der Waals surface area contributed by atoms with Gasteiger partial charge in [0, 0.05) is 17.2 Å². The summed E-state index contributed by atoms with van der Waals surface area (Å²) in [6, 6.07) is 9.02. The first kappa shape index (κ1) is 14.5. The highest BCUT2D eigenvalue weighted by atomic mass is 32.2. The van der Waals surface area contributed by atoms with Crippen molar-refractivity contribution >= 4 is 23.4 Å². The van der Waals surface area contributed by atoms with Gasteiger partial charge >= 0.3 is 11.7 Å². The minimum Gasteiger partial charge on any atom is -0.478 e. The first-order chi connectivity index (χ1) is 10.0. The molecule has 2 aromatic rings. The molecule has 8 heteroatoms. The maximum absolute atomic E-state index is 11.1. The predicted octanol–water partition coefficient (Wildman–Crippen LogP) is 2.71. The molecule has 0 aliphatic rings. The maximum atomic E-state index is 11.1. The summed E-state index contributed by atoms with van der Waals surface area (Å²) in [5.41, 5.74) is -0.236. The number of carboxylic acid groups (broad SMARTS) is 1. The van der Waals surface area contributed by atoms with Gasteiger partial charge in [0.05, 0.1) is 16.1 Å². The molecule has 0 radical (unpaired) electrons. The molecule has 0 aliphatic carbocycles. The van der Waals surface area contributed by atoms with Crippen LogP contribution in [0.2, 0.25) is 0 Å². The average molecular weight is 301 g/mol. The molecule has 104 valence electrons. The third kappa shape index (κ3) is 3.16. The number of aromatic nitrogens is 1. The van der Waals surface area contributed by atoms with E-state index in [2.05, 4.69) is 4.98 Å². The Bertz CT molecular complexity index is 770. The number of hydrogen-bond donors (Lipinski definition) is 1. The Morgan fingerprint density at radius 3 is 2.76 bits per heavy atom. The van der Waals surface area contributed by atoms with E-state index in [9.17, 15) is 14.9 Å². The second kappa shape index (κ2) is 6.02. The number of pyridine rings is 1. The van der Waals surface area contributed by atoms with E-state index in [1.165, 1.54) is 18.3 Å². The third-order valence-corrected chi connectivity index (χ3v) is 3.57. The number of rotatable bonds is 4. The van der Waals surface area contributed by atoms with Crippen molar-refractivity contribution < 1.29 is 14.8 Å². The van der Waals surface area contributed by atoms with Crippen molar-refractivity contribution in [3.63, 3.8) is 0 Å². The highest BCUT2D eigenvalue weighted by molar-refractivity contribution is 7.99. The van der Waals surface area contributed by atoms with Gasteiger partial charge in [0.2, 0.25) is 0 Å². The number of carboxylic acids is 1. The van der Waals surface area contributed by atoms with Crippen LogP contribution in [0.1, 0.15) is 15.9 Å². The Morgan fingerprint density at radius 1 is 1.43 bits per heavy atom. The highest BCUT2D eigenvalue weighted by Gasteiger charge is 2.20. The molecule has 7 nitrogen and oxygen atoms in total. The van der Waals surface area contributed by atoms with Crippen molar-refractivity contribution in [2.45, 2.75) is 9.92 Å². The number of nitro groups is 1. The molecule has 2 rings (SSSR count). The smallest absolute Gasteiger partial charge is 0.336 e. The highest BCUT2D eigenvalue weighted by Crippen LogP contribution is 2.35. The second-order valence-electron chi connectivity index (χ2n) is 3.82. The van der Waals surface area contributed by atoms with Crippen molar-refractivity contribution in [3.8, 4) is 6.07 Å². The monoisotopic (exact) mass is 301 g/mol. The quantitative estimate of drug-likeness (QED) is 0.681. The minimum atomic E-state index is -1.13. The van der Waals surface area contributed by atoms with Gasteiger partial charge in [-0.05, 0) is 12.1 Å². The van der Waals surface area contributed by atoms with Crippen LogP contribution in [0.15, 0.2) is 46.5 Å². The van der Waals surface area contributed by atoms with Crippen molar-refractivity contribution in [3.05, 3.63) is 57.8 Å². The van der Waals surface area contributed by atoms with Gasteiger partial charge in [0.25, 0.3) is 0 Å². The van der Waals surface area contributed by atoms with Gasteiger partial charge < -0.3 is 5.11 Å². The molecule has 0 saturated heterocycles. The van der Waals surface area contributed by atoms with Gasteiger partial charge in [-0.3, -0.25) is 10.1 Å². The zero-order valence-electron chi connectivity index (χ0n) is 10.4. The maximum Gasteiger partial charge on any atom is 0.336 e. The lowest BCUT2D eigenvalue weighted by atomic mass is 10.2. The zero-order chi connectivity index (χ0) is 15.4. The van der Waals surface area contributed by atoms with Crippen LogP contribution >= 0.6 is 11.8 Å². The normalized spacial score (nSPS) is 9.86. The molecule has 0 fully saturated rings.